The number of morpholine rings is 1. The molecule has 1 N–H and O–H groups in total. The lowest BCUT2D eigenvalue weighted by molar-refractivity contribution is -0.135. The van der Waals surface area contributed by atoms with E-state index >= 15 is 0 Å². The number of hydrogen-bond donors (Lipinski definition) is 1. The molecule has 2 heterocycles. The van der Waals surface area contributed by atoms with Crippen LogP contribution in [0.1, 0.15) is 12.8 Å². The minimum absolute atomic E-state index is 0. The fourth-order valence-electron chi connectivity index (χ4n) is 2.89. The minimum Gasteiger partial charge on any atom is -0.378 e. The van der Waals surface area contributed by atoms with Gasteiger partial charge in [-0.1, -0.05) is 0 Å². The van der Waals surface area contributed by atoms with Gasteiger partial charge in [0.05, 0.1) is 13.2 Å². The van der Waals surface area contributed by atoms with E-state index in [0.717, 1.165) is 19.6 Å². The molecule has 0 spiro atoms. The molecule has 2 atom stereocenters. The minimum atomic E-state index is -0.148. The third kappa shape index (κ3) is 5.74. The highest BCUT2D eigenvalue weighted by molar-refractivity contribution is 5.85. The summed E-state index contributed by atoms with van der Waals surface area (Å²) < 4.78 is 5.34. The number of likely N-dealkylation sites (N-methyl/N-ethyl adjacent to an activating group) is 1. The Bertz CT molecular complexity index is 289. The lowest BCUT2D eigenvalue weighted by atomic mass is 9.98. The molecule has 0 aromatic heterocycles. The number of ether oxygens (including phenoxy) is 1. The number of amides is 1. The molecule has 7 heteroatoms. The topological polar surface area (TPSA) is 44.8 Å². The zero-order valence-corrected chi connectivity index (χ0v) is 14.0. The van der Waals surface area contributed by atoms with Crippen molar-refractivity contribution in [1.82, 2.24) is 15.1 Å². The molecule has 120 valence electrons. The van der Waals surface area contributed by atoms with Crippen molar-refractivity contribution in [3.8, 4) is 0 Å². The molecule has 5 nitrogen and oxygen atoms in total. The van der Waals surface area contributed by atoms with Gasteiger partial charge in [-0.25, -0.2) is 0 Å². The molecule has 0 radical (unpaired) electrons. The molecule has 2 aliphatic rings. The Morgan fingerprint density at radius 1 is 1.45 bits per heavy atom. The largest absolute Gasteiger partial charge is 0.378 e. The molecule has 2 unspecified atom stereocenters. The maximum absolute atomic E-state index is 12.2. The third-order valence-electron chi connectivity index (χ3n) is 3.85. The SMILES string of the molecule is CN1CCCC(CN(C)C(=O)C2COCCN2)C1.Cl.Cl. The summed E-state index contributed by atoms with van der Waals surface area (Å²) in [5.41, 5.74) is 0. The monoisotopic (exact) mass is 327 g/mol. The molecule has 0 aromatic carbocycles. The van der Waals surface area contributed by atoms with Crippen LogP contribution in [-0.2, 0) is 9.53 Å². The van der Waals surface area contributed by atoms with Crippen molar-refractivity contribution in [2.24, 2.45) is 5.92 Å². The Balaban J connectivity index is 0.00000180. The summed E-state index contributed by atoms with van der Waals surface area (Å²) in [6, 6.07) is -0.148. The van der Waals surface area contributed by atoms with Crippen molar-refractivity contribution >= 4 is 30.7 Å². The van der Waals surface area contributed by atoms with Crippen molar-refractivity contribution in [2.45, 2.75) is 18.9 Å². The summed E-state index contributed by atoms with van der Waals surface area (Å²) >= 11 is 0. The molecule has 2 saturated heterocycles. The number of hydrogen-bond acceptors (Lipinski definition) is 4. The molecular formula is C13H27Cl2N3O2. The van der Waals surface area contributed by atoms with E-state index in [9.17, 15) is 4.79 Å². The van der Waals surface area contributed by atoms with Crippen LogP contribution in [0.2, 0.25) is 0 Å². The smallest absolute Gasteiger partial charge is 0.241 e. The predicted molar refractivity (Wildman–Crippen MR) is 85.0 cm³/mol. The first-order valence-electron chi connectivity index (χ1n) is 6.91. The third-order valence-corrected chi connectivity index (χ3v) is 3.85. The van der Waals surface area contributed by atoms with Crippen molar-refractivity contribution in [2.75, 3.05) is 53.5 Å². The van der Waals surface area contributed by atoms with Gasteiger partial charge in [-0.3, -0.25) is 4.79 Å². The summed E-state index contributed by atoms with van der Waals surface area (Å²) in [7, 11) is 4.07. The quantitative estimate of drug-likeness (QED) is 0.825. The van der Waals surface area contributed by atoms with E-state index in [4.69, 9.17) is 4.74 Å². The number of carbonyl (C=O) groups is 1. The number of carbonyl (C=O) groups excluding carboxylic acids is 1. The van der Waals surface area contributed by atoms with E-state index in [1.54, 1.807) is 0 Å². The zero-order valence-electron chi connectivity index (χ0n) is 12.3. The highest BCUT2D eigenvalue weighted by Gasteiger charge is 2.26. The van der Waals surface area contributed by atoms with E-state index in [0.29, 0.717) is 19.1 Å². The lowest BCUT2D eigenvalue weighted by Crippen LogP contribution is -2.53. The Morgan fingerprint density at radius 3 is 2.80 bits per heavy atom. The summed E-state index contributed by atoms with van der Waals surface area (Å²) in [5, 5.41) is 3.22. The van der Waals surface area contributed by atoms with Crippen LogP contribution >= 0.6 is 24.8 Å². The van der Waals surface area contributed by atoms with Crippen molar-refractivity contribution in [3.63, 3.8) is 0 Å². The van der Waals surface area contributed by atoms with Crippen LogP contribution in [0.3, 0.4) is 0 Å². The number of nitrogens with one attached hydrogen (secondary N) is 1. The van der Waals surface area contributed by atoms with E-state index in [1.165, 1.54) is 19.4 Å². The molecule has 0 saturated carbocycles. The van der Waals surface area contributed by atoms with Crippen molar-refractivity contribution < 1.29 is 9.53 Å². The van der Waals surface area contributed by atoms with Gasteiger partial charge in [0.1, 0.15) is 6.04 Å². The van der Waals surface area contributed by atoms with Gasteiger partial charge in [0.15, 0.2) is 0 Å². The zero-order chi connectivity index (χ0) is 13.0. The van der Waals surface area contributed by atoms with Crippen LogP contribution in [0.4, 0.5) is 0 Å². The van der Waals surface area contributed by atoms with Gasteiger partial charge < -0.3 is 19.9 Å². The first kappa shape index (κ1) is 19.9. The standard InChI is InChI=1S/C13H25N3O2.2ClH/c1-15-6-3-4-11(8-15)9-16(2)13(17)12-10-18-7-5-14-12;;/h11-12,14H,3-10H2,1-2H3;2*1H. The van der Waals surface area contributed by atoms with Gasteiger partial charge >= 0.3 is 0 Å². The van der Waals surface area contributed by atoms with Gasteiger partial charge in [0, 0.05) is 26.7 Å². The van der Waals surface area contributed by atoms with E-state index < -0.39 is 0 Å². The Kier molecular flexibility index (Phi) is 9.76. The van der Waals surface area contributed by atoms with Gasteiger partial charge in [-0.2, -0.15) is 0 Å². The van der Waals surface area contributed by atoms with Crippen molar-refractivity contribution in [1.29, 1.82) is 0 Å². The summed E-state index contributed by atoms with van der Waals surface area (Å²) in [5.74, 6) is 0.783. The van der Waals surface area contributed by atoms with Gasteiger partial charge in [-0.15, -0.1) is 24.8 Å². The van der Waals surface area contributed by atoms with Crippen molar-refractivity contribution in [3.05, 3.63) is 0 Å². The average Bonchev–Trinajstić information content (AvgIpc) is 2.39. The predicted octanol–water partition coefficient (Wildman–Crippen LogP) is 0.619. The lowest BCUT2D eigenvalue weighted by Gasteiger charge is -2.34. The molecule has 0 aliphatic carbocycles. The highest BCUT2D eigenvalue weighted by atomic mass is 35.5. The average molecular weight is 328 g/mol. The Labute approximate surface area is 134 Å². The molecule has 1 amide bonds. The van der Waals surface area contributed by atoms with E-state index in [2.05, 4.69) is 17.3 Å². The Morgan fingerprint density at radius 2 is 2.20 bits per heavy atom. The fourth-order valence-corrected chi connectivity index (χ4v) is 2.89. The number of nitrogens with zero attached hydrogens (tertiary/aromatic N) is 2. The highest BCUT2D eigenvalue weighted by Crippen LogP contribution is 2.16. The van der Waals surface area contributed by atoms with Gasteiger partial charge in [0.25, 0.3) is 0 Å². The van der Waals surface area contributed by atoms with Crippen LogP contribution in [0.5, 0.6) is 0 Å². The Hall–Kier alpha value is -0.0700. The fraction of sp³-hybridized carbons (Fsp3) is 0.923. The van der Waals surface area contributed by atoms with E-state index in [1.807, 2.05) is 11.9 Å². The number of rotatable bonds is 3. The summed E-state index contributed by atoms with van der Waals surface area (Å²) in [6.45, 7) is 5.14. The molecule has 20 heavy (non-hydrogen) atoms. The van der Waals surface area contributed by atoms with Gasteiger partial charge in [-0.05, 0) is 32.4 Å². The summed E-state index contributed by atoms with van der Waals surface area (Å²) in [6.07, 6.45) is 2.48. The van der Waals surface area contributed by atoms with Crippen LogP contribution in [0, 0.1) is 5.92 Å². The number of likely N-dealkylation sites (tertiary alicyclic amines) is 1. The molecule has 0 aromatic rings. The second kappa shape index (κ2) is 9.79. The molecule has 2 fully saturated rings. The molecule has 0 bridgehead atoms. The van der Waals surface area contributed by atoms with E-state index in [-0.39, 0.29) is 36.8 Å². The first-order chi connectivity index (χ1) is 8.66. The molecule has 2 aliphatic heterocycles. The van der Waals surface area contributed by atoms with Crippen LogP contribution < -0.4 is 5.32 Å². The van der Waals surface area contributed by atoms with Crippen LogP contribution in [0.25, 0.3) is 0 Å². The number of piperidine rings is 1. The normalized spacial score (nSPS) is 27.1. The second-order valence-corrected chi connectivity index (χ2v) is 5.57. The maximum atomic E-state index is 12.2. The molecular weight excluding hydrogens is 301 g/mol. The first-order valence-corrected chi connectivity index (χ1v) is 6.91. The number of halogens is 2. The maximum Gasteiger partial charge on any atom is 0.241 e. The summed E-state index contributed by atoms with van der Waals surface area (Å²) in [4.78, 5) is 16.4. The van der Waals surface area contributed by atoms with Crippen LogP contribution in [0.15, 0.2) is 0 Å². The van der Waals surface area contributed by atoms with Gasteiger partial charge in [0.2, 0.25) is 5.91 Å². The molecule has 2 rings (SSSR count). The second-order valence-electron chi connectivity index (χ2n) is 5.57. The van der Waals surface area contributed by atoms with Crippen LogP contribution in [-0.4, -0.2) is 75.2 Å².